The van der Waals surface area contributed by atoms with E-state index in [1.165, 1.54) is 52.1 Å². The van der Waals surface area contributed by atoms with Crippen molar-refractivity contribution in [1.82, 2.24) is 29.4 Å². The lowest BCUT2D eigenvalue weighted by Crippen LogP contribution is -3.00. The minimum Gasteiger partial charge on any atom is -1.00 e. The summed E-state index contributed by atoms with van der Waals surface area (Å²) in [5, 5.41) is 8.86. The largest absolute Gasteiger partial charge is 1.00 e. The summed E-state index contributed by atoms with van der Waals surface area (Å²) in [5.74, 6) is -2.90. The molecule has 10 nitrogen and oxygen atoms in total. The van der Waals surface area contributed by atoms with Gasteiger partial charge in [-0.25, -0.2) is 29.4 Å². The van der Waals surface area contributed by atoms with E-state index in [0.29, 0.717) is 10.1 Å². The zero-order valence-electron chi connectivity index (χ0n) is 38.6. The molecule has 1 aromatic carbocycles. The van der Waals surface area contributed by atoms with Crippen LogP contribution in [0.15, 0.2) is 73.7 Å². The minimum atomic E-state index is -1.31. The first kappa shape index (κ1) is 62.9. The third-order valence-electron chi connectivity index (χ3n) is 16.1. The molecule has 8 heterocycles. The Hall–Kier alpha value is 2.84. The van der Waals surface area contributed by atoms with Crippen LogP contribution in [0.3, 0.4) is 0 Å². The zero-order chi connectivity index (χ0) is 53.1. The van der Waals surface area contributed by atoms with Crippen LogP contribution in [0.5, 0.6) is 0 Å². The molecule has 414 valence electrons. The number of carbonyl (C=O) groups is 1. The van der Waals surface area contributed by atoms with Crippen molar-refractivity contribution < 1.29 is 31.3 Å². The van der Waals surface area contributed by atoms with Gasteiger partial charge in [-0.1, -0.05) is 146 Å². The fourth-order valence-electron chi connectivity index (χ4n) is 13.8. The molecular formula is C45H49Cl19N8O2. The first-order valence-corrected chi connectivity index (χ1v) is 30.4. The van der Waals surface area contributed by atoms with Crippen LogP contribution in [-0.2, 0) is 0 Å². The number of quaternary nitrogens is 2. The number of carbonyl (C=O) groups excluding carboxylic acids is 1. The lowest BCUT2D eigenvalue weighted by atomic mass is 9.85. The average Bonchev–Trinajstić information content (AvgIpc) is 3.93. The van der Waals surface area contributed by atoms with Gasteiger partial charge in [0.25, 0.3) is 0 Å². The van der Waals surface area contributed by atoms with E-state index in [4.69, 9.17) is 209 Å². The van der Waals surface area contributed by atoms with Gasteiger partial charge in [0.2, 0.25) is 0 Å². The molecule has 14 unspecified atom stereocenters. The van der Waals surface area contributed by atoms with E-state index in [-0.39, 0.29) is 62.5 Å². The summed E-state index contributed by atoms with van der Waals surface area (Å²) in [4.78, 5) is 22.7. The predicted molar refractivity (Wildman–Crippen MR) is 303 cm³/mol. The number of hydrogen-bond donors (Lipinski definition) is 0. The number of benzene rings is 1. The first-order chi connectivity index (χ1) is 34.2. The van der Waals surface area contributed by atoms with Crippen LogP contribution in [0, 0.1) is 35.5 Å². The second kappa shape index (κ2) is 23.7. The van der Waals surface area contributed by atoms with Gasteiger partial charge in [-0.3, -0.25) is 8.97 Å². The van der Waals surface area contributed by atoms with Gasteiger partial charge in [0, 0.05) is 44.8 Å². The number of fused-ring (bicyclic) bond motifs is 10. The highest BCUT2D eigenvalue weighted by molar-refractivity contribution is 6.62. The van der Waals surface area contributed by atoms with E-state index in [1.54, 1.807) is 29.3 Å². The number of hydrogen-bond acceptors (Lipinski definition) is 8. The third kappa shape index (κ3) is 10.5. The number of carboxylic acids is 1. The fraction of sp³-hybridized carbons (Fsp3) is 0.667. The molecule has 8 aliphatic heterocycles. The fourth-order valence-corrected chi connectivity index (χ4v) is 21.9. The summed E-state index contributed by atoms with van der Waals surface area (Å²) in [6.45, 7) is 16.2. The summed E-state index contributed by atoms with van der Waals surface area (Å²) < 4.78 is -0.336. The Morgan fingerprint density at radius 2 is 0.824 bits per heavy atom. The monoisotopic (exact) mass is 1400 g/mol. The van der Waals surface area contributed by atoms with Crippen molar-refractivity contribution in [2.24, 2.45) is 35.5 Å². The molecular weight excluding hydrogens is 1360 g/mol. The molecule has 14 aliphatic rings. The maximum absolute atomic E-state index is 10.1. The highest BCUT2D eigenvalue weighted by atomic mass is 35.5. The van der Waals surface area contributed by atoms with Gasteiger partial charge in [0.15, 0.2) is 8.67 Å². The Labute approximate surface area is 528 Å². The van der Waals surface area contributed by atoms with Crippen molar-refractivity contribution in [2.75, 3.05) is 93.1 Å². The molecule has 1 aromatic rings. The van der Waals surface area contributed by atoms with Crippen LogP contribution in [0.1, 0.15) is 10.4 Å². The molecule has 12 fully saturated rings. The Morgan fingerprint density at radius 1 is 0.527 bits per heavy atom. The van der Waals surface area contributed by atoms with Gasteiger partial charge in [-0.2, -0.15) is 0 Å². The van der Waals surface area contributed by atoms with Crippen molar-refractivity contribution in [3.05, 3.63) is 79.2 Å². The SMILES string of the molecule is ClC1=C(Cl)C2(Cl)C3C(Cl)C(Cl)C(Cl)C3C1C2(Cl)Cl.ClC1=C(Cl)C2(Cl)C3C(Cl)C(Cl)C(Cl)C3C1C2(Cl)Cl.ClC=CC[N+]12CN3CN(CN(C3)C1)C2.ClC=CC[N+]12CN3CN(CN(C3)C1)C2.O=C([O-])c1ccccc1.[Cl-]. The van der Waals surface area contributed by atoms with E-state index in [2.05, 4.69) is 41.6 Å². The van der Waals surface area contributed by atoms with Crippen molar-refractivity contribution in [1.29, 1.82) is 0 Å². The maximum atomic E-state index is 10.1. The Morgan fingerprint density at radius 3 is 1.08 bits per heavy atom. The van der Waals surface area contributed by atoms with E-state index in [0.717, 1.165) is 62.1 Å². The molecule has 12 bridgehead atoms. The Balaban J connectivity index is 0.000000125. The normalized spacial score (nSPS) is 48.1. The second-order valence-electron chi connectivity index (χ2n) is 21.0. The number of alkyl halides is 12. The van der Waals surface area contributed by atoms with Gasteiger partial charge in [-0.15, -0.1) is 92.8 Å². The average molecular weight is 1410 g/mol. The first-order valence-electron chi connectivity index (χ1n) is 23.1. The Kier molecular flexibility index (Phi) is 20.1. The maximum Gasteiger partial charge on any atom is 0.150 e. The van der Waals surface area contributed by atoms with Crippen molar-refractivity contribution in [3.8, 4) is 0 Å². The molecule has 0 amide bonds. The lowest BCUT2D eigenvalue weighted by molar-refractivity contribution is -0.975. The molecule has 6 aliphatic carbocycles. The minimum absolute atomic E-state index is 0. The molecule has 0 N–H and O–H groups in total. The summed E-state index contributed by atoms with van der Waals surface area (Å²) in [7, 11) is 0. The Bertz CT molecular complexity index is 2180. The number of allylic oxidation sites excluding steroid dienone is 4. The summed E-state index contributed by atoms with van der Waals surface area (Å²) in [6.07, 6.45) is 4.16. The molecule has 0 aromatic heterocycles. The third-order valence-corrected chi connectivity index (χ3v) is 26.5. The number of carboxylic acid groups (broad SMARTS) is 1. The van der Waals surface area contributed by atoms with Crippen molar-refractivity contribution in [2.45, 2.75) is 50.7 Å². The smallest absolute Gasteiger partial charge is 0.150 e. The quantitative estimate of drug-likeness (QED) is 0.215. The van der Waals surface area contributed by atoms with E-state index in [9.17, 15) is 9.90 Å². The number of rotatable bonds is 5. The van der Waals surface area contributed by atoms with Crippen LogP contribution >= 0.6 is 209 Å². The van der Waals surface area contributed by atoms with Gasteiger partial charge >= 0.3 is 0 Å². The number of aromatic carboxylic acids is 1. The molecule has 0 radical (unpaired) electrons. The highest BCUT2D eigenvalue weighted by Gasteiger charge is 2.81. The van der Waals surface area contributed by atoms with E-state index in [1.807, 2.05) is 0 Å². The van der Waals surface area contributed by atoms with Gasteiger partial charge in [0.05, 0.1) is 88.3 Å². The van der Waals surface area contributed by atoms with Crippen LogP contribution in [-0.4, -0.2) is 188 Å². The van der Waals surface area contributed by atoms with E-state index < -0.39 is 57.7 Å². The number of halogens is 19. The van der Waals surface area contributed by atoms with Crippen molar-refractivity contribution in [3.63, 3.8) is 0 Å². The number of nitrogens with zero attached hydrogens (tertiary/aromatic N) is 8. The molecule has 29 heteroatoms. The standard InChI is InChI=1S/2C10H6Cl8.2C9H16ClN4.C7H6O2.ClH/c2*11-4-1-2(5(12)7(4)14)9(16)8(15)6(13)3(1)10(9,17)18;2*10-2-1-3-14-7-11-4-12(8-14)6-13(5-11)9-14;8-7(9)6-4-2-1-3-5-6;/h2*1-5,7H;2*1-2H,3-9H2;1-5H,(H,8,9);1H/q;;2*+1;;/p-2. The van der Waals surface area contributed by atoms with E-state index >= 15 is 0 Å². The molecule has 8 saturated heterocycles. The van der Waals surface area contributed by atoms with Crippen LogP contribution in [0.25, 0.3) is 0 Å². The second-order valence-corrected chi connectivity index (χ2v) is 30.0. The zero-order valence-corrected chi connectivity index (χ0v) is 53.0. The summed E-state index contributed by atoms with van der Waals surface area (Å²) in [6, 6.07) is 8.06. The van der Waals surface area contributed by atoms with Crippen LogP contribution < -0.4 is 17.5 Å². The van der Waals surface area contributed by atoms with Crippen molar-refractivity contribution >= 4 is 215 Å². The molecule has 0 spiro atoms. The lowest BCUT2D eigenvalue weighted by Gasteiger charge is -2.60. The molecule has 4 saturated carbocycles. The van der Waals surface area contributed by atoms with Crippen LogP contribution in [0.2, 0.25) is 0 Å². The topological polar surface area (TPSA) is 59.6 Å². The summed E-state index contributed by atoms with van der Waals surface area (Å²) in [5.41, 5.74) is 3.52. The molecule has 15 rings (SSSR count). The predicted octanol–water partition coefficient (Wildman–Crippen LogP) is 8.63. The highest BCUT2D eigenvalue weighted by Crippen LogP contribution is 2.78. The van der Waals surface area contributed by atoms with Crippen LogP contribution in [0.4, 0.5) is 0 Å². The van der Waals surface area contributed by atoms with Gasteiger partial charge < -0.3 is 22.3 Å². The van der Waals surface area contributed by atoms with Gasteiger partial charge in [0.1, 0.15) is 62.9 Å². The molecule has 14 atom stereocenters. The summed E-state index contributed by atoms with van der Waals surface area (Å²) >= 11 is 113. The van der Waals surface area contributed by atoms with Gasteiger partial charge in [-0.05, 0) is 29.6 Å². The molecule has 74 heavy (non-hydrogen) atoms.